The van der Waals surface area contributed by atoms with E-state index in [1.165, 1.54) is 12.8 Å². The van der Waals surface area contributed by atoms with Gasteiger partial charge in [-0.15, -0.1) is 0 Å². The van der Waals surface area contributed by atoms with E-state index in [-0.39, 0.29) is 6.10 Å². The van der Waals surface area contributed by atoms with E-state index >= 15 is 0 Å². The quantitative estimate of drug-likeness (QED) is 0.815. The van der Waals surface area contributed by atoms with Crippen LogP contribution in [0.3, 0.4) is 0 Å². The molecule has 1 unspecified atom stereocenters. The number of benzene rings is 1. The van der Waals surface area contributed by atoms with Crippen molar-refractivity contribution in [1.82, 2.24) is 5.32 Å². The fraction of sp³-hybridized carbons (Fsp3) is 0.600. The Morgan fingerprint density at radius 3 is 2.67 bits per heavy atom. The van der Waals surface area contributed by atoms with Gasteiger partial charge in [-0.25, -0.2) is 0 Å². The van der Waals surface area contributed by atoms with Crippen LogP contribution in [-0.4, -0.2) is 18.7 Å². The van der Waals surface area contributed by atoms with Gasteiger partial charge in [-0.05, 0) is 30.4 Å². The second-order valence-electron chi connectivity index (χ2n) is 5.37. The molecule has 1 atom stereocenters. The van der Waals surface area contributed by atoms with Crippen molar-refractivity contribution in [3.8, 4) is 0 Å². The lowest BCUT2D eigenvalue weighted by molar-refractivity contribution is 0.0112. The van der Waals surface area contributed by atoms with Crippen LogP contribution in [0.4, 0.5) is 0 Å². The molecule has 0 bridgehead atoms. The van der Waals surface area contributed by atoms with E-state index in [1.54, 1.807) is 0 Å². The van der Waals surface area contributed by atoms with E-state index in [2.05, 4.69) is 19.2 Å². The number of rotatable bonds is 7. The summed E-state index contributed by atoms with van der Waals surface area (Å²) in [5, 5.41) is 4.32. The molecule has 0 radical (unpaired) electrons. The van der Waals surface area contributed by atoms with E-state index in [9.17, 15) is 0 Å². The molecule has 0 heterocycles. The van der Waals surface area contributed by atoms with Gasteiger partial charge in [0.2, 0.25) is 0 Å². The van der Waals surface area contributed by atoms with E-state index < -0.39 is 0 Å². The van der Waals surface area contributed by atoms with Crippen LogP contribution in [0, 0.1) is 5.92 Å². The molecule has 0 aromatic heterocycles. The lowest BCUT2D eigenvalue weighted by Crippen LogP contribution is -2.34. The molecule has 1 N–H and O–H groups in total. The van der Waals surface area contributed by atoms with Crippen LogP contribution < -0.4 is 5.32 Å². The monoisotopic (exact) mass is 267 g/mol. The summed E-state index contributed by atoms with van der Waals surface area (Å²) < 4.78 is 6.00. The number of halogens is 1. The van der Waals surface area contributed by atoms with Crippen LogP contribution in [0.5, 0.6) is 0 Å². The normalized spacial score (nSPS) is 17.1. The molecule has 2 rings (SSSR count). The summed E-state index contributed by atoms with van der Waals surface area (Å²) in [6.07, 6.45) is 2.88. The predicted molar refractivity (Wildman–Crippen MR) is 75.9 cm³/mol. The minimum atomic E-state index is 0.252. The van der Waals surface area contributed by atoms with Crippen molar-refractivity contribution < 1.29 is 4.74 Å². The smallest absolute Gasteiger partial charge is 0.0735 e. The highest BCUT2D eigenvalue weighted by atomic mass is 35.5. The van der Waals surface area contributed by atoms with Crippen molar-refractivity contribution in [2.45, 2.75) is 45.4 Å². The molecule has 1 saturated carbocycles. The topological polar surface area (TPSA) is 21.3 Å². The van der Waals surface area contributed by atoms with Crippen molar-refractivity contribution in [2.24, 2.45) is 5.92 Å². The van der Waals surface area contributed by atoms with E-state index in [0.29, 0.717) is 12.5 Å². The van der Waals surface area contributed by atoms with Crippen molar-refractivity contribution in [2.75, 3.05) is 6.54 Å². The Morgan fingerprint density at radius 2 is 2.06 bits per heavy atom. The van der Waals surface area contributed by atoms with Crippen LogP contribution in [0.25, 0.3) is 0 Å². The molecule has 3 heteroatoms. The Kier molecular flexibility index (Phi) is 5.04. The molecule has 1 aromatic rings. The fourth-order valence-corrected chi connectivity index (χ4v) is 2.06. The van der Waals surface area contributed by atoms with Crippen molar-refractivity contribution >= 4 is 11.6 Å². The summed E-state index contributed by atoms with van der Waals surface area (Å²) in [5.74, 6) is 0.513. The first-order chi connectivity index (χ1) is 8.66. The van der Waals surface area contributed by atoms with Gasteiger partial charge in [-0.3, -0.25) is 0 Å². The maximum absolute atomic E-state index is 6.13. The maximum atomic E-state index is 6.13. The summed E-state index contributed by atoms with van der Waals surface area (Å²) in [6.45, 7) is 5.93. The molecule has 1 aliphatic carbocycles. The summed E-state index contributed by atoms with van der Waals surface area (Å²) in [6, 6.07) is 8.61. The van der Waals surface area contributed by atoms with Gasteiger partial charge in [0.25, 0.3) is 0 Å². The highest BCUT2D eigenvalue weighted by Crippen LogP contribution is 2.21. The second-order valence-corrected chi connectivity index (χ2v) is 5.77. The number of ether oxygens (including phenoxy) is 1. The highest BCUT2D eigenvalue weighted by molar-refractivity contribution is 6.31. The predicted octanol–water partition coefficient (Wildman–Crippen LogP) is 3.63. The Hall–Kier alpha value is -0.570. The molecule has 1 aliphatic rings. The number of hydrogen-bond acceptors (Lipinski definition) is 2. The van der Waals surface area contributed by atoms with Crippen molar-refractivity contribution in [3.05, 3.63) is 34.9 Å². The van der Waals surface area contributed by atoms with Gasteiger partial charge in [-0.2, -0.15) is 0 Å². The molecule has 0 saturated heterocycles. The van der Waals surface area contributed by atoms with Gasteiger partial charge in [0, 0.05) is 17.6 Å². The van der Waals surface area contributed by atoms with Crippen LogP contribution in [0.15, 0.2) is 24.3 Å². The molecule has 18 heavy (non-hydrogen) atoms. The average Bonchev–Trinajstić information content (AvgIpc) is 3.14. The van der Waals surface area contributed by atoms with Gasteiger partial charge >= 0.3 is 0 Å². The zero-order valence-corrected chi connectivity index (χ0v) is 11.9. The molecule has 100 valence electrons. The SMILES string of the molecule is CC(C)C(CNC1CC1)OCc1ccccc1Cl. The minimum absolute atomic E-state index is 0.252. The largest absolute Gasteiger partial charge is 0.372 e. The average molecular weight is 268 g/mol. The van der Waals surface area contributed by atoms with Crippen LogP contribution in [0.2, 0.25) is 5.02 Å². The van der Waals surface area contributed by atoms with Gasteiger partial charge in [0.1, 0.15) is 0 Å². The third-order valence-electron chi connectivity index (χ3n) is 3.34. The standard InChI is InChI=1S/C15H22ClNO/c1-11(2)15(9-17-13-7-8-13)18-10-12-5-3-4-6-14(12)16/h3-6,11,13,15,17H,7-10H2,1-2H3. The second kappa shape index (κ2) is 6.55. The molecule has 0 aliphatic heterocycles. The highest BCUT2D eigenvalue weighted by Gasteiger charge is 2.23. The number of nitrogens with one attached hydrogen (secondary N) is 1. The van der Waals surface area contributed by atoms with Crippen LogP contribution in [-0.2, 0) is 11.3 Å². The Morgan fingerprint density at radius 1 is 1.33 bits per heavy atom. The molecule has 0 spiro atoms. The van der Waals surface area contributed by atoms with E-state index in [1.807, 2.05) is 24.3 Å². The van der Waals surface area contributed by atoms with Crippen LogP contribution in [0.1, 0.15) is 32.3 Å². The summed E-state index contributed by atoms with van der Waals surface area (Å²) in [4.78, 5) is 0. The molecule has 1 fully saturated rings. The Balaban J connectivity index is 1.82. The lowest BCUT2D eigenvalue weighted by atomic mass is 10.1. The maximum Gasteiger partial charge on any atom is 0.0735 e. The van der Waals surface area contributed by atoms with E-state index in [4.69, 9.17) is 16.3 Å². The number of hydrogen-bond donors (Lipinski definition) is 1. The Bertz CT molecular complexity index is 377. The van der Waals surface area contributed by atoms with Crippen LogP contribution >= 0.6 is 11.6 Å². The fourth-order valence-electron chi connectivity index (χ4n) is 1.87. The molecule has 0 amide bonds. The lowest BCUT2D eigenvalue weighted by Gasteiger charge is -2.22. The zero-order chi connectivity index (χ0) is 13.0. The van der Waals surface area contributed by atoms with Crippen molar-refractivity contribution in [1.29, 1.82) is 0 Å². The third kappa shape index (κ3) is 4.27. The zero-order valence-electron chi connectivity index (χ0n) is 11.2. The van der Waals surface area contributed by atoms with Crippen molar-refractivity contribution in [3.63, 3.8) is 0 Å². The summed E-state index contributed by atoms with van der Waals surface area (Å²) in [7, 11) is 0. The van der Waals surface area contributed by atoms with E-state index in [0.717, 1.165) is 23.2 Å². The van der Waals surface area contributed by atoms with Gasteiger partial charge in [0.05, 0.1) is 12.7 Å². The van der Waals surface area contributed by atoms with Gasteiger partial charge < -0.3 is 10.1 Å². The van der Waals surface area contributed by atoms with Gasteiger partial charge in [0.15, 0.2) is 0 Å². The third-order valence-corrected chi connectivity index (χ3v) is 3.71. The van der Waals surface area contributed by atoms with Gasteiger partial charge in [-0.1, -0.05) is 43.6 Å². The molecule has 2 nitrogen and oxygen atoms in total. The summed E-state index contributed by atoms with van der Waals surface area (Å²) >= 11 is 6.13. The molecular formula is C15H22ClNO. The first-order valence-electron chi connectivity index (χ1n) is 6.75. The minimum Gasteiger partial charge on any atom is -0.372 e. The molecule has 1 aromatic carbocycles. The summed E-state index contributed by atoms with van der Waals surface area (Å²) in [5.41, 5.74) is 1.07. The molecular weight excluding hydrogens is 246 g/mol. The first kappa shape index (κ1) is 13.9. The first-order valence-corrected chi connectivity index (χ1v) is 7.13. The Labute approximate surface area is 115 Å².